The first-order valence-corrected chi connectivity index (χ1v) is 9.51. The van der Waals surface area contributed by atoms with Gasteiger partial charge in [0, 0.05) is 22.9 Å². The van der Waals surface area contributed by atoms with E-state index in [0.29, 0.717) is 32.8 Å². The van der Waals surface area contributed by atoms with Crippen molar-refractivity contribution in [2.75, 3.05) is 14.2 Å². The van der Waals surface area contributed by atoms with E-state index in [1.165, 1.54) is 13.2 Å². The van der Waals surface area contributed by atoms with E-state index in [4.69, 9.17) is 19.6 Å². The molecule has 0 spiro atoms. The highest BCUT2D eigenvalue weighted by Crippen LogP contribution is 2.47. The number of fused-ring (bicyclic) bond motifs is 3. The number of hydrogen-bond acceptors (Lipinski definition) is 6. The van der Waals surface area contributed by atoms with Gasteiger partial charge in [0.1, 0.15) is 5.92 Å². The Morgan fingerprint density at radius 1 is 1.21 bits per heavy atom. The highest BCUT2D eigenvalue weighted by molar-refractivity contribution is 9.10. The number of nitriles is 1. The van der Waals surface area contributed by atoms with Crippen molar-refractivity contribution >= 4 is 32.7 Å². The first kappa shape index (κ1) is 19.0. The van der Waals surface area contributed by atoms with Crippen LogP contribution < -0.4 is 19.8 Å². The molecule has 0 saturated heterocycles. The average molecular weight is 454 g/mol. The summed E-state index contributed by atoms with van der Waals surface area (Å²) < 4.78 is 17.2. The third-order valence-corrected chi connectivity index (χ3v) is 5.59. The number of methoxy groups -OCH3 is 2. The Labute approximate surface area is 174 Å². The molecule has 0 amide bonds. The predicted molar refractivity (Wildman–Crippen MR) is 111 cm³/mol. The molecule has 0 bridgehead atoms. The van der Waals surface area contributed by atoms with Crippen molar-refractivity contribution in [2.45, 2.75) is 5.92 Å². The molecule has 7 nitrogen and oxygen atoms in total. The molecule has 2 heterocycles. The summed E-state index contributed by atoms with van der Waals surface area (Å²) >= 11 is 3.49. The largest absolute Gasteiger partial charge is 0.493 e. The van der Waals surface area contributed by atoms with Crippen LogP contribution in [0.1, 0.15) is 17.0 Å². The molecule has 4 rings (SSSR count). The number of aromatic amines is 1. The highest BCUT2D eigenvalue weighted by Gasteiger charge is 2.38. The minimum atomic E-state index is -0.833. The maximum atomic E-state index is 11.9. The van der Waals surface area contributed by atoms with Gasteiger partial charge < -0.3 is 19.2 Å². The molecule has 2 aromatic carbocycles. The molecule has 29 heavy (non-hydrogen) atoms. The van der Waals surface area contributed by atoms with Crippen molar-refractivity contribution in [3.05, 3.63) is 62.4 Å². The number of benzene rings is 2. The minimum absolute atomic E-state index is 0.173. The summed E-state index contributed by atoms with van der Waals surface area (Å²) in [5, 5.41) is 18.9. The second-order valence-electron chi connectivity index (χ2n) is 6.56. The molecule has 1 aliphatic rings. The number of H-pyrrole nitrogens is 1. The minimum Gasteiger partial charge on any atom is -0.493 e. The van der Waals surface area contributed by atoms with Crippen molar-refractivity contribution in [1.82, 2.24) is 4.98 Å². The van der Waals surface area contributed by atoms with Gasteiger partial charge in [0.2, 0.25) is 11.5 Å². The van der Waals surface area contributed by atoms with E-state index in [0.717, 1.165) is 10.9 Å². The van der Waals surface area contributed by atoms with Crippen LogP contribution in [0.15, 0.2) is 45.7 Å². The number of halogens is 1. The molecule has 0 radical (unpaired) electrons. The lowest BCUT2D eigenvalue weighted by atomic mass is 9.78. The first-order chi connectivity index (χ1) is 14.0. The van der Waals surface area contributed by atoms with Gasteiger partial charge in [-0.1, -0.05) is 12.1 Å². The molecule has 146 valence electrons. The normalized spacial score (nSPS) is 17.9. The summed E-state index contributed by atoms with van der Waals surface area (Å²) in [6.45, 7) is 0. The van der Waals surface area contributed by atoms with Crippen molar-refractivity contribution in [3.63, 3.8) is 0 Å². The van der Waals surface area contributed by atoms with Crippen LogP contribution in [0, 0.1) is 22.7 Å². The molecule has 2 atom stereocenters. The van der Waals surface area contributed by atoms with E-state index < -0.39 is 11.8 Å². The second-order valence-corrected chi connectivity index (χ2v) is 7.41. The zero-order valence-electron chi connectivity index (χ0n) is 15.6. The SMILES string of the molecule is COc1cc(C2c3ccc4ccc(=O)[nH]c4c3OC(=N)C2C#N)cc(Br)c1OC. The van der Waals surface area contributed by atoms with Gasteiger partial charge in [0.05, 0.1) is 30.3 Å². The van der Waals surface area contributed by atoms with Crippen LogP contribution in [-0.2, 0) is 0 Å². The molecule has 2 N–H and O–H groups in total. The molecular weight excluding hydrogens is 438 g/mol. The van der Waals surface area contributed by atoms with Crippen molar-refractivity contribution in [2.24, 2.45) is 5.92 Å². The van der Waals surface area contributed by atoms with Gasteiger partial charge in [-0.2, -0.15) is 5.26 Å². The summed E-state index contributed by atoms with van der Waals surface area (Å²) in [6.07, 6.45) is 0. The molecular formula is C21H16BrN3O4. The fourth-order valence-corrected chi connectivity index (χ4v) is 4.32. The Bertz CT molecular complexity index is 1250. The Hall–Kier alpha value is -3.31. The fraction of sp³-hybridized carbons (Fsp3) is 0.190. The predicted octanol–water partition coefficient (Wildman–Crippen LogP) is 3.95. The topological polar surface area (TPSA) is 108 Å². The zero-order valence-corrected chi connectivity index (χ0v) is 17.2. The molecule has 0 fully saturated rings. The summed E-state index contributed by atoms with van der Waals surface area (Å²) in [5.41, 5.74) is 1.70. The van der Waals surface area contributed by atoms with E-state index in [2.05, 4.69) is 27.0 Å². The standard InChI is InChI=1S/C21H16BrN3O4/c1-27-15-8-11(7-14(22)20(15)28-2)17-12-5-3-10-4-6-16(26)25-18(10)19(12)29-21(24)13(17)9-23/h3-8,13,17,24H,1-2H3,(H,25,26). The van der Waals surface area contributed by atoms with Crippen LogP contribution >= 0.6 is 15.9 Å². The van der Waals surface area contributed by atoms with Crippen LogP contribution in [0.4, 0.5) is 0 Å². The molecule has 2 unspecified atom stereocenters. The smallest absolute Gasteiger partial charge is 0.248 e. The third kappa shape index (κ3) is 3.04. The average Bonchev–Trinajstić information content (AvgIpc) is 2.72. The van der Waals surface area contributed by atoms with E-state index in [1.54, 1.807) is 19.2 Å². The van der Waals surface area contributed by atoms with Gasteiger partial charge in [-0.05, 0) is 39.7 Å². The quantitative estimate of drug-likeness (QED) is 0.623. The number of pyridine rings is 1. The Kier molecular flexibility index (Phi) is 4.76. The van der Waals surface area contributed by atoms with Crippen LogP contribution in [0.2, 0.25) is 0 Å². The number of hydrogen-bond donors (Lipinski definition) is 2. The Balaban J connectivity index is 2.01. The third-order valence-electron chi connectivity index (χ3n) is 5.00. The number of ether oxygens (including phenoxy) is 3. The van der Waals surface area contributed by atoms with Gasteiger partial charge in [-0.25, -0.2) is 0 Å². The Morgan fingerprint density at radius 3 is 2.66 bits per heavy atom. The lowest BCUT2D eigenvalue weighted by Crippen LogP contribution is -2.31. The van der Waals surface area contributed by atoms with Gasteiger partial charge >= 0.3 is 0 Å². The second kappa shape index (κ2) is 7.26. The van der Waals surface area contributed by atoms with E-state index in [9.17, 15) is 10.1 Å². The summed E-state index contributed by atoms with van der Waals surface area (Å²) in [6, 6.07) is 12.7. The zero-order chi connectivity index (χ0) is 20.7. The first-order valence-electron chi connectivity index (χ1n) is 8.71. The summed E-state index contributed by atoms with van der Waals surface area (Å²) in [4.78, 5) is 14.6. The monoisotopic (exact) mass is 453 g/mol. The van der Waals surface area contributed by atoms with Gasteiger partial charge in [-0.3, -0.25) is 10.2 Å². The lowest BCUT2D eigenvalue weighted by Gasteiger charge is -2.31. The van der Waals surface area contributed by atoms with E-state index in [-0.39, 0.29) is 11.5 Å². The summed E-state index contributed by atoms with van der Waals surface area (Å²) in [7, 11) is 3.08. The molecule has 1 aromatic heterocycles. The molecule has 3 aromatic rings. The van der Waals surface area contributed by atoms with E-state index >= 15 is 0 Å². The summed E-state index contributed by atoms with van der Waals surface area (Å²) in [5.74, 6) is -0.0705. The van der Waals surface area contributed by atoms with Gasteiger partial charge in [-0.15, -0.1) is 0 Å². The molecule has 8 heteroatoms. The molecule has 1 aliphatic heterocycles. The lowest BCUT2D eigenvalue weighted by molar-refractivity contribution is 0.352. The number of aromatic nitrogens is 1. The molecule has 0 saturated carbocycles. The maximum absolute atomic E-state index is 11.9. The van der Waals surface area contributed by atoms with Crippen molar-refractivity contribution in [1.29, 1.82) is 10.7 Å². The highest BCUT2D eigenvalue weighted by atomic mass is 79.9. The Morgan fingerprint density at radius 2 is 1.97 bits per heavy atom. The van der Waals surface area contributed by atoms with Crippen LogP contribution in [0.3, 0.4) is 0 Å². The van der Waals surface area contributed by atoms with E-state index in [1.807, 2.05) is 18.2 Å². The fourth-order valence-electron chi connectivity index (χ4n) is 3.69. The maximum Gasteiger partial charge on any atom is 0.248 e. The molecule has 0 aliphatic carbocycles. The van der Waals surface area contributed by atoms with Crippen LogP contribution in [0.5, 0.6) is 17.2 Å². The van der Waals surface area contributed by atoms with Crippen LogP contribution in [-0.4, -0.2) is 25.1 Å². The van der Waals surface area contributed by atoms with Crippen molar-refractivity contribution in [3.8, 4) is 23.3 Å². The van der Waals surface area contributed by atoms with Gasteiger partial charge in [0.25, 0.3) is 0 Å². The van der Waals surface area contributed by atoms with Gasteiger partial charge in [0.15, 0.2) is 17.2 Å². The number of rotatable bonds is 3. The van der Waals surface area contributed by atoms with Crippen molar-refractivity contribution < 1.29 is 14.2 Å². The number of nitrogens with one attached hydrogen (secondary N) is 2. The number of nitrogens with zero attached hydrogens (tertiary/aromatic N) is 1. The van der Waals surface area contributed by atoms with Crippen LogP contribution in [0.25, 0.3) is 10.9 Å².